The van der Waals surface area contributed by atoms with E-state index in [1.807, 2.05) is 6.20 Å². The summed E-state index contributed by atoms with van der Waals surface area (Å²) in [5, 5.41) is 1.35. The van der Waals surface area contributed by atoms with Crippen LogP contribution in [-0.4, -0.2) is 12.1 Å². The monoisotopic (exact) mass is 215 g/mol. The Labute approximate surface area is 95.6 Å². The van der Waals surface area contributed by atoms with E-state index in [0.717, 1.165) is 0 Å². The van der Waals surface area contributed by atoms with Crippen LogP contribution in [0.4, 0.5) is 0 Å². The molecule has 0 saturated carbocycles. The summed E-state index contributed by atoms with van der Waals surface area (Å²) < 4.78 is 5.33. The van der Waals surface area contributed by atoms with E-state index >= 15 is 0 Å². The van der Waals surface area contributed by atoms with Gasteiger partial charge in [0, 0.05) is 24.2 Å². The normalized spacial score (nSPS) is 14.6. The third-order valence-electron chi connectivity index (χ3n) is 3.79. The van der Waals surface area contributed by atoms with Gasteiger partial charge in [-0.25, -0.2) is 0 Å². The van der Waals surface area contributed by atoms with E-state index < -0.39 is 0 Å². The average molecular weight is 215 g/mol. The van der Waals surface area contributed by atoms with Crippen molar-refractivity contribution >= 4 is 10.9 Å². The number of nitrogens with one attached hydrogen (secondary N) is 1. The van der Waals surface area contributed by atoms with Gasteiger partial charge >= 0.3 is 0 Å². The molecule has 2 heteroatoms. The van der Waals surface area contributed by atoms with Crippen LogP contribution in [0.2, 0.25) is 0 Å². The Bertz CT molecular complexity index is 539. The predicted octanol–water partition coefficient (Wildman–Crippen LogP) is 3.11. The van der Waals surface area contributed by atoms with Gasteiger partial charge in [0.1, 0.15) is 0 Å². The number of benzene rings is 1. The van der Waals surface area contributed by atoms with Crippen molar-refractivity contribution in [3.8, 4) is 0 Å². The summed E-state index contributed by atoms with van der Waals surface area (Å²) in [6, 6.07) is 2.18. The second-order valence-electron chi connectivity index (χ2n) is 4.61. The Morgan fingerprint density at radius 2 is 2.12 bits per heavy atom. The van der Waals surface area contributed by atoms with Crippen LogP contribution in [0.5, 0.6) is 0 Å². The van der Waals surface area contributed by atoms with Crippen LogP contribution >= 0.6 is 0 Å². The van der Waals surface area contributed by atoms with Gasteiger partial charge in [-0.1, -0.05) is 0 Å². The molecule has 0 aliphatic heterocycles. The topological polar surface area (TPSA) is 25.0 Å². The van der Waals surface area contributed by atoms with Crippen molar-refractivity contribution in [3.63, 3.8) is 0 Å². The molecule has 0 bridgehead atoms. The van der Waals surface area contributed by atoms with Gasteiger partial charge in [0.2, 0.25) is 0 Å². The second-order valence-corrected chi connectivity index (χ2v) is 4.61. The minimum Gasteiger partial charge on any atom is -0.380 e. The molecule has 0 amide bonds. The molecule has 1 aliphatic rings. The summed E-state index contributed by atoms with van der Waals surface area (Å²) in [6.45, 7) is 2.96. The number of aromatic amines is 1. The van der Waals surface area contributed by atoms with Crippen molar-refractivity contribution in [1.82, 2.24) is 4.98 Å². The van der Waals surface area contributed by atoms with E-state index in [1.165, 1.54) is 46.9 Å². The van der Waals surface area contributed by atoms with Gasteiger partial charge in [0.15, 0.2) is 0 Å². The molecular formula is C14H17NO. The van der Waals surface area contributed by atoms with Crippen LogP contribution in [0.25, 0.3) is 10.9 Å². The molecule has 1 aromatic heterocycles. The number of hydrogen-bond acceptors (Lipinski definition) is 1. The van der Waals surface area contributed by atoms with Crippen molar-refractivity contribution in [2.45, 2.75) is 32.8 Å². The molecule has 16 heavy (non-hydrogen) atoms. The Balaban J connectivity index is 2.36. The number of ether oxygens (including phenoxy) is 1. The van der Waals surface area contributed by atoms with Gasteiger partial charge in [0.05, 0.1) is 6.61 Å². The zero-order valence-electron chi connectivity index (χ0n) is 9.89. The molecule has 0 fully saturated rings. The van der Waals surface area contributed by atoms with Crippen molar-refractivity contribution in [1.29, 1.82) is 0 Å². The maximum Gasteiger partial charge on any atom is 0.0722 e. The van der Waals surface area contributed by atoms with Gasteiger partial charge in [-0.2, -0.15) is 0 Å². The van der Waals surface area contributed by atoms with Gasteiger partial charge in [-0.05, 0) is 54.5 Å². The van der Waals surface area contributed by atoms with Gasteiger partial charge in [-0.3, -0.25) is 0 Å². The van der Waals surface area contributed by atoms with Crippen LogP contribution in [0.3, 0.4) is 0 Å². The summed E-state index contributed by atoms with van der Waals surface area (Å²) in [6.07, 6.45) is 5.79. The number of H-pyrrole nitrogens is 1. The molecule has 2 aromatic rings. The maximum atomic E-state index is 5.33. The van der Waals surface area contributed by atoms with Crippen molar-refractivity contribution in [2.24, 2.45) is 0 Å². The first kappa shape index (κ1) is 9.91. The van der Waals surface area contributed by atoms with E-state index in [2.05, 4.69) is 18.0 Å². The van der Waals surface area contributed by atoms with Crippen LogP contribution in [0.1, 0.15) is 28.7 Å². The molecule has 3 rings (SSSR count). The molecule has 1 N–H and O–H groups in total. The van der Waals surface area contributed by atoms with Crippen LogP contribution in [0, 0.1) is 6.92 Å². The highest BCUT2D eigenvalue weighted by molar-refractivity contribution is 5.89. The zero-order chi connectivity index (χ0) is 11.1. The summed E-state index contributed by atoms with van der Waals surface area (Å²) in [7, 11) is 1.77. The lowest BCUT2D eigenvalue weighted by atomic mass is 9.95. The smallest absolute Gasteiger partial charge is 0.0722 e. The standard InChI is InChI=1S/C14H17NO/c1-9-10-4-3-5-11(10)14-12(6-7-15-14)13(9)8-16-2/h6-7,15H,3-5,8H2,1-2H3. The quantitative estimate of drug-likeness (QED) is 0.818. The van der Waals surface area contributed by atoms with Gasteiger partial charge in [0.25, 0.3) is 0 Å². The fraction of sp³-hybridized carbons (Fsp3) is 0.429. The third-order valence-corrected chi connectivity index (χ3v) is 3.79. The lowest BCUT2D eigenvalue weighted by Crippen LogP contribution is -1.99. The Morgan fingerprint density at radius 3 is 2.94 bits per heavy atom. The highest BCUT2D eigenvalue weighted by Gasteiger charge is 2.20. The van der Waals surface area contributed by atoms with E-state index in [4.69, 9.17) is 4.74 Å². The molecule has 1 aliphatic carbocycles. The maximum absolute atomic E-state index is 5.33. The molecular weight excluding hydrogens is 198 g/mol. The molecule has 1 aromatic carbocycles. The minimum absolute atomic E-state index is 0.716. The summed E-state index contributed by atoms with van der Waals surface area (Å²) in [4.78, 5) is 3.39. The van der Waals surface area contributed by atoms with E-state index in [9.17, 15) is 0 Å². The lowest BCUT2D eigenvalue weighted by molar-refractivity contribution is 0.185. The van der Waals surface area contributed by atoms with Crippen LogP contribution < -0.4 is 0 Å². The molecule has 1 heterocycles. The van der Waals surface area contributed by atoms with Crippen LogP contribution in [-0.2, 0) is 24.2 Å². The number of fused-ring (bicyclic) bond motifs is 3. The van der Waals surface area contributed by atoms with Gasteiger partial charge in [-0.15, -0.1) is 0 Å². The summed E-state index contributed by atoms with van der Waals surface area (Å²) in [5.74, 6) is 0. The molecule has 0 saturated heterocycles. The fourth-order valence-corrected chi connectivity index (χ4v) is 3.02. The number of rotatable bonds is 2. The van der Waals surface area contributed by atoms with Crippen molar-refractivity contribution in [3.05, 3.63) is 34.5 Å². The van der Waals surface area contributed by atoms with Crippen molar-refractivity contribution < 1.29 is 4.74 Å². The summed E-state index contributed by atoms with van der Waals surface area (Å²) >= 11 is 0. The Morgan fingerprint density at radius 1 is 1.31 bits per heavy atom. The largest absolute Gasteiger partial charge is 0.380 e. The molecule has 0 unspecified atom stereocenters. The van der Waals surface area contributed by atoms with Gasteiger partial charge < -0.3 is 9.72 Å². The fourth-order valence-electron chi connectivity index (χ4n) is 3.02. The van der Waals surface area contributed by atoms with E-state index in [1.54, 1.807) is 12.7 Å². The SMILES string of the molecule is COCc1c(C)c2c(c3[nH]ccc13)CCC2. The van der Waals surface area contributed by atoms with Crippen LogP contribution in [0.15, 0.2) is 12.3 Å². The molecule has 0 atom stereocenters. The Kier molecular flexibility index (Phi) is 2.25. The van der Waals surface area contributed by atoms with E-state index in [0.29, 0.717) is 6.61 Å². The lowest BCUT2D eigenvalue weighted by Gasteiger charge is -2.13. The predicted molar refractivity (Wildman–Crippen MR) is 65.8 cm³/mol. The Hall–Kier alpha value is -1.28. The molecule has 0 spiro atoms. The second kappa shape index (κ2) is 3.63. The van der Waals surface area contributed by atoms with E-state index in [-0.39, 0.29) is 0 Å². The molecule has 0 radical (unpaired) electrons. The number of aromatic nitrogens is 1. The number of hydrogen-bond donors (Lipinski definition) is 1. The number of methoxy groups -OCH3 is 1. The number of aryl methyl sites for hydroxylation is 1. The first-order chi connectivity index (χ1) is 7.83. The molecule has 2 nitrogen and oxygen atoms in total. The summed E-state index contributed by atoms with van der Waals surface area (Å²) in [5.41, 5.74) is 7.24. The first-order valence-electron chi connectivity index (χ1n) is 5.92. The van der Waals surface area contributed by atoms with Crippen molar-refractivity contribution in [2.75, 3.05) is 7.11 Å². The zero-order valence-corrected chi connectivity index (χ0v) is 9.89. The minimum atomic E-state index is 0.716. The first-order valence-corrected chi connectivity index (χ1v) is 5.92. The average Bonchev–Trinajstić information content (AvgIpc) is 2.90. The highest BCUT2D eigenvalue weighted by atomic mass is 16.5. The molecule has 84 valence electrons. The highest BCUT2D eigenvalue weighted by Crippen LogP contribution is 2.35. The third kappa shape index (κ3) is 1.23.